The standard InChI is InChI=1S/C17H18N4O2/c1-10-5-6-13(7-11(10)2)20-19-9-15-12(3)14(8-18)16(22)21(4)17(15)23/h5-7,9,20,23H,1-4H3/b19-9-. The Labute approximate surface area is 134 Å². The van der Waals surface area contributed by atoms with Crippen molar-refractivity contribution in [1.82, 2.24) is 4.57 Å². The summed E-state index contributed by atoms with van der Waals surface area (Å²) < 4.78 is 1.03. The lowest BCUT2D eigenvalue weighted by molar-refractivity contribution is 0.421. The lowest BCUT2D eigenvalue weighted by atomic mass is 10.1. The molecule has 2 N–H and O–H groups in total. The summed E-state index contributed by atoms with van der Waals surface area (Å²) in [6, 6.07) is 7.71. The minimum absolute atomic E-state index is 0.00192. The summed E-state index contributed by atoms with van der Waals surface area (Å²) in [4.78, 5) is 11.9. The van der Waals surface area contributed by atoms with Crippen molar-refractivity contribution >= 4 is 11.9 Å². The minimum atomic E-state index is -0.526. The van der Waals surface area contributed by atoms with Gasteiger partial charge in [-0.1, -0.05) is 6.07 Å². The van der Waals surface area contributed by atoms with Gasteiger partial charge in [-0.3, -0.25) is 14.8 Å². The molecule has 0 saturated carbocycles. The molecule has 1 aromatic heterocycles. The van der Waals surface area contributed by atoms with E-state index in [1.165, 1.54) is 18.8 Å². The molecule has 118 valence electrons. The topological polar surface area (TPSA) is 90.4 Å². The normalized spacial score (nSPS) is 10.7. The Balaban J connectivity index is 2.36. The van der Waals surface area contributed by atoms with Gasteiger partial charge < -0.3 is 5.11 Å². The first-order valence-corrected chi connectivity index (χ1v) is 7.05. The van der Waals surface area contributed by atoms with Crippen molar-refractivity contribution in [3.05, 3.63) is 56.4 Å². The fourth-order valence-electron chi connectivity index (χ4n) is 2.18. The highest BCUT2D eigenvalue weighted by Crippen LogP contribution is 2.19. The number of anilines is 1. The molecule has 6 nitrogen and oxygen atoms in total. The van der Waals surface area contributed by atoms with Crippen molar-refractivity contribution in [1.29, 1.82) is 5.26 Å². The molecule has 0 aliphatic rings. The minimum Gasteiger partial charge on any atom is -0.494 e. The van der Waals surface area contributed by atoms with Crippen LogP contribution in [0.1, 0.15) is 27.8 Å². The van der Waals surface area contributed by atoms with Crippen LogP contribution in [0.3, 0.4) is 0 Å². The highest BCUT2D eigenvalue weighted by molar-refractivity contribution is 5.86. The molecule has 0 fully saturated rings. The van der Waals surface area contributed by atoms with Crippen LogP contribution in [0.15, 0.2) is 28.1 Å². The zero-order valence-electron chi connectivity index (χ0n) is 13.5. The number of nitrogens with zero attached hydrogens (tertiary/aromatic N) is 3. The van der Waals surface area contributed by atoms with E-state index < -0.39 is 5.56 Å². The molecule has 0 bridgehead atoms. The third kappa shape index (κ3) is 3.09. The number of hydrazone groups is 1. The van der Waals surface area contributed by atoms with E-state index in [4.69, 9.17) is 5.26 Å². The number of nitriles is 1. The van der Waals surface area contributed by atoms with Gasteiger partial charge in [-0.25, -0.2) is 0 Å². The third-order valence-electron chi connectivity index (χ3n) is 3.86. The Morgan fingerprint density at radius 2 is 2.00 bits per heavy atom. The van der Waals surface area contributed by atoms with Crippen LogP contribution in [0, 0.1) is 32.1 Å². The second-order valence-corrected chi connectivity index (χ2v) is 5.38. The Kier molecular flexibility index (Phi) is 4.51. The van der Waals surface area contributed by atoms with Crippen molar-refractivity contribution in [3.63, 3.8) is 0 Å². The third-order valence-corrected chi connectivity index (χ3v) is 3.86. The monoisotopic (exact) mass is 310 g/mol. The van der Waals surface area contributed by atoms with Gasteiger partial charge in [0.05, 0.1) is 17.5 Å². The van der Waals surface area contributed by atoms with Crippen molar-refractivity contribution in [2.45, 2.75) is 20.8 Å². The van der Waals surface area contributed by atoms with Crippen LogP contribution in [0.25, 0.3) is 0 Å². The number of aryl methyl sites for hydroxylation is 2. The molecule has 1 aromatic carbocycles. The average Bonchev–Trinajstić information content (AvgIpc) is 2.52. The van der Waals surface area contributed by atoms with Gasteiger partial charge in [-0.05, 0) is 49.6 Å². The maximum Gasteiger partial charge on any atom is 0.271 e. The summed E-state index contributed by atoms with van der Waals surface area (Å²) in [6.07, 6.45) is 1.40. The largest absolute Gasteiger partial charge is 0.494 e. The lowest BCUT2D eigenvalue weighted by Crippen LogP contribution is -2.22. The second kappa shape index (κ2) is 6.36. The number of rotatable bonds is 3. The predicted molar refractivity (Wildman–Crippen MR) is 89.9 cm³/mol. The number of hydrogen-bond acceptors (Lipinski definition) is 5. The summed E-state index contributed by atoms with van der Waals surface area (Å²) in [6.45, 7) is 5.64. The van der Waals surface area contributed by atoms with Gasteiger partial charge in [-0.2, -0.15) is 10.4 Å². The lowest BCUT2D eigenvalue weighted by Gasteiger charge is -2.10. The number of aromatic hydroxyl groups is 1. The van der Waals surface area contributed by atoms with E-state index in [1.54, 1.807) is 6.92 Å². The summed E-state index contributed by atoms with van der Waals surface area (Å²) >= 11 is 0. The number of benzene rings is 1. The number of aromatic nitrogens is 1. The Morgan fingerprint density at radius 1 is 1.30 bits per heavy atom. The van der Waals surface area contributed by atoms with Crippen LogP contribution in [0.5, 0.6) is 5.88 Å². The number of nitrogens with one attached hydrogen (secondary N) is 1. The molecule has 6 heteroatoms. The van der Waals surface area contributed by atoms with Gasteiger partial charge in [0, 0.05) is 7.05 Å². The molecule has 1 heterocycles. The molecule has 0 saturated heterocycles. The maximum atomic E-state index is 11.9. The van der Waals surface area contributed by atoms with Crippen LogP contribution in [-0.4, -0.2) is 15.9 Å². The Hall–Kier alpha value is -3.07. The van der Waals surface area contributed by atoms with Crippen LogP contribution in [0.2, 0.25) is 0 Å². The quantitative estimate of drug-likeness (QED) is 0.672. The smallest absolute Gasteiger partial charge is 0.271 e. The van der Waals surface area contributed by atoms with Crippen molar-refractivity contribution in [2.75, 3.05) is 5.43 Å². The SMILES string of the molecule is Cc1ccc(N/N=C\c2c(C)c(C#N)c(=O)n(C)c2O)cc1C. The predicted octanol–water partition coefficient (Wildman–Crippen LogP) is 2.33. The molecule has 23 heavy (non-hydrogen) atoms. The van der Waals surface area contributed by atoms with E-state index in [0.29, 0.717) is 11.1 Å². The van der Waals surface area contributed by atoms with E-state index in [-0.39, 0.29) is 11.4 Å². The molecule has 0 atom stereocenters. The average molecular weight is 310 g/mol. The molecular weight excluding hydrogens is 292 g/mol. The number of hydrogen-bond donors (Lipinski definition) is 2. The van der Waals surface area contributed by atoms with Crippen LogP contribution >= 0.6 is 0 Å². The number of pyridine rings is 1. The molecular formula is C17H18N4O2. The van der Waals surface area contributed by atoms with Gasteiger partial charge in [0.1, 0.15) is 11.6 Å². The highest BCUT2D eigenvalue weighted by Gasteiger charge is 2.15. The Morgan fingerprint density at radius 3 is 2.61 bits per heavy atom. The van der Waals surface area contributed by atoms with Crippen LogP contribution < -0.4 is 11.0 Å². The Bertz CT molecular complexity index is 889. The van der Waals surface area contributed by atoms with E-state index in [1.807, 2.05) is 38.1 Å². The van der Waals surface area contributed by atoms with E-state index in [9.17, 15) is 9.90 Å². The zero-order valence-corrected chi connectivity index (χ0v) is 13.5. The van der Waals surface area contributed by atoms with Crippen molar-refractivity contribution in [2.24, 2.45) is 12.1 Å². The molecule has 0 radical (unpaired) electrons. The molecule has 0 aliphatic heterocycles. The highest BCUT2D eigenvalue weighted by atomic mass is 16.3. The fourth-order valence-corrected chi connectivity index (χ4v) is 2.18. The summed E-state index contributed by atoms with van der Waals surface area (Å²) in [5.74, 6) is -0.225. The molecule has 2 rings (SSSR count). The molecule has 0 spiro atoms. The van der Waals surface area contributed by atoms with Gasteiger partial charge >= 0.3 is 0 Å². The fraction of sp³-hybridized carbons (Fsp3) is 0.235. The van der Waals surface area contributed by atoms with Crippen molar-refractivity contribution in [3.8, 4) is 11.9 Å². The summed E-state index contributed by atoms with van der Waals surface area (Å²) in [5.41, 5.74) is 6.22. The van der Waals surface area contributed by atoms with E-state index >= 15 is 0 Å². The van der Waals surface area contributed by atoms with Gasteiger partial charge in [0.15, 0.2) is 0 Å². The first-order chi connectivity index (χ1) is 10.9. The first-order valence-electron chi connectivity index (χ1n) is 7.05. The van der Waals surface area contributed by atoms with Crippen LogP contribution in [-0.2, 0) is 7.05 Å². The maximum absolute atomic E-state index is 11.9. The van der Waals surface area contributed by atoms with Crippen molar-refractivity contribution < 1.29 is 5.11 Å². The summed E-state index contributed by atoms with van der Waals surface area (Å²) in [7, 11) is 1.41. The van der Waals surface area contributed by atoms with Crippen LogP contribution in [0.4, 0.5) is 5.69 Å². The molecule has 0 aliphatic carbocycles. The van der Waals surface area contributed by atoms with E-state index in [2.05, 4.69) is 10.5 Å². The summed E-state index contributed by atoms with van der Waals surface area (Å²) in [5, 5.41) is 23.3. The van der Waals surface area contributed by atoms with Gasteiger partial charge in [-0.15, -0.1) is 0 Å². The molecule has 0 unspecified atom stereocenters. The van der Waals surface area contributed by atoms with Gasteiger partial charge in [0.2, 0.25) is 5.88 Å². The first kappa shape index (κ1) is 16.3. The zero-order chi connectivity index (χ0) is 17.1. The molecule has 0 amide bonds. The van der Waals surface area contributed by atoms with Gasteiger partial charge in [0.25, 0.3) is 5.56 Å². The second-order valence-electron chi connectivity index (χ2n) is 5.38. The van der Waals surface area contributed by atoms with E-state index in [0.717, 1.165) is 15.8 Å². The molecule has 2 aromatic rings.